The number of aromatic hydroxyl groups is 1. The van der Waals surface area contributed by atoms with E-state index in [4.69, 9.17) is 4.74 Å². The second kappa shape index (κ2) is 9.86. The highest BCUT2D eigenvalue weighted by Crippen LogP contribution is 2.64. The molecule has 0 unspecified atom stereocenters. The topological polar surface area (TPSA) is 105 Å². The minimum Gasteiger partial charge on any atom is -0.504 e. The number of benzene rings is 2. The van der Waals surface area contributed by atoms with Crippen LogP contribution < -0.4 is 10.1 Å². The molecule has 11 heteroatoms. The Bertz CT molecular complexity index is 1340. The van der Waals surface area contributed by atoms with Gasteiger partial charge in [0, 0.05) is 35.7 Å². The summed E-state index contributed by atoms with van der Waals surface area (Å²) in [6, 6.07) is 6.40. The van der Waals surface area contributed by atoms with Gasteiger partial charge in [-0.2, -0.15) is 13.2 Å². The van der Waals surface area contributed by atoms with E-state index in [0.717, 1.165) is 55.5 Å². The first-order valence-corrected chi connectivity index (χ1v) is 12.9. The van der Waals surface area contributed by atoms with Crippen LogP contribution in [0.25, 0.3) is 6.08 Å². The van der Waals surface area contributed by atoms with Gasteiger partial charge in [0.2, 0.25) is 5.91 Å². The molecule has 2 heterocycles. The first kappa shape index (κ1) is 27.0. The van der Waals surface area contributed by atoms with E-state index >= 15 is 0 Å². The van der Waals surface area contributed by atoms with Crippen molar-refractivity contribution in [3.05, 3.63) is 68.8 Å². The molecule has 4 atom stereocenters. The number of phenols is 1. The maximum absolute atomic E-state index is 12.3. The maximum atomic E-state index is 12.3. The highest BCUT2D eigenvalue weighted by Gasteiger charge is 2.64. The number of hydrogen-bond acceptors (Lipinski definition) is 6. The monoisotopic (exact) mass is 545 g/mol. The number of phenolic OH excluding ortho intramolecular Hbond substituents is 1. The van der Waals surface area contributed by atoms with Gasteiger partial charge >= 0.3 is 6.18 Å². The fourth-order valence-electron chi connectivity index (χ4n) is 7.01. The van der Waals surface area contributed by atoms with E-state index in [1.165, 1.54) is 37.4 Å². The van der Waals surface area contributed by atoms with Gasteiger partial charge in [-0.3, -0.25) is 14.9 Å². The van der Waals surface area contributed by atoms with Crippen molar-refractivity contribution in [2.24, 2.45) is 5.92 Å². The SMILES string of the molecule is CN1CC[C@]23c4c5c([N+](=O)[O-])cc(O)c4O[C@H]2CCC[C@H]3[C@H]1C5.CNC(=O)/C=C/c1cccc(C(F)(F)F)c1. The minimum absolute atomic E-state index is 0.0599. The van der Waals surface area contributed by atoms with Crippen molar-refractivity contribution in [3.63, 3.8) is 0 Å². The molecule has 2 aromatic carbocycles. The molecule has 0 aromatic heterocycles. The number of carbonyl (C=O) groups is 1. The predicted molar refractivity (Wildman–Crippen MR) is 137 cm³/mol. The van der Waals surface area contributed by atoms with Crippen LogP contribution in [-0.4, -0.2) is 53.6 Å². The van der Waals surface area contributed by atoms with Crippen LogP contribution in [0.4, 0.5) is 18.9 Å². The number of halogens is 3. The van der Waals surface area contributed by atoms with Gasteiger partial charge in [-0.15, -0.1) is 0 Å². The number of alkyl halides is 3. The van der Waals surface area contributed by atoms with Crippen molar-refractivity contribution in [3.8, 4) is 11.5 Å². The first-order valence-electron chi connectivity index (χ1n) is 12.9. The predicted octanol–water partition coefficient (Wildman–Crippen LogP) is 4.82. The van der Waals surface area contributed by atoms with E-state index in [2.05, 4.69) is 17.3 Å². The highest BCUT2D eigenvalue weighted by molar-refractivity contribution is 5.91. The van der Waals surface area contributed by atoms with E-state index < -0.39 is 11.7 Å². The lowest BCUT2D eigenvalue weighted by atomic mass is 9.52. The zero-order chi connectivity index (χ0) is 28.1. The van der Waals surface area contributed by atoms with Crippen molar-refractivity contribution >= 4 is 17.7 Å². The number of nitro groups is 1. The van der Waals surface area contributed by atoms with E-state index in [-0.39, 0.29) is 33.8 Å². The van der Waals surface area contributed by atoms with E-state index in [1.807, 2.05) is 0 Å². The van der Waals surface area contributed by atoms with Crippen molar-refractivity contribution < 1.29 is 32.7 Å². The van der Waals surface area contributed by atoms with Crippen LogP contribution in [-0.2, 0) is 22.8 Å². The minimum atomic E-state index is -4.36. The summed E-state index contributed by atoms with van der Waals surface area (Å²) in [6.45, 7) is 0.989. The molecular formula is C28H30F3N3O5. The third kappa shape index (κ3) is 4.52. The number of rotatable bonds is 3. The van der Waals surface area contributed by atoms with Crippen LogP contribution in [0, 0.1) is 16.0 Å². The number of hydrogen-bond donors (Lipinski definition) is 2. The molecule has 2 N–H and O–H groups in total. The van der Waals surface area contributed by atoms with Crippen LogP contribution in [0.1, 0.15) is 47.9 Å². The van der Waals surface area contributed by atoms with Crippen LogP contribution in [0.15, 0.2) is 36.4 Å². The molecule has 4 aliphatic rings. The molecule has 8 nitrogen and oxygen atoms in total. The molecule has 2 aromatic rings. The summed E-state index contributed by atoms with van der Waals surface area (Å²) in [6.07, 6.45) is 3.13. The number of nitrogens with one attached hydrogen (secondary N) is 1. The number of nitrogens with zero attached hydrogens (tertiary/aromatic N) is 2. The van der Waals surface area contributed by atoms with Crippen molar-refractivity contribution in [2.75, 3.05) is 20.6 Å². The lowest BCUT2D eigenvalue weighted by molar-refractivity contribution is -0.385. The quantitative estimate of drug-likeness (QED) is 0.326. The van der Waals surface area contributed by atoms with Crippen molar-refractivity contribution in [2.45, 2.75) is 55.8 Å². The average molecular weight is 546 g/mol. The van der Waals surface area contributed by atoms with E-state index in [1.54, 1.807) is 0 Å². The Morgan fingerprint density at radius 3 is 2.77 bits per heavy atom. The normalized spacial score (nSPS) is 26.7. The van der Waals surface area contributed by atoms with E-state index in [0.29, 0.717) is 29.7 Å². The van der Waals surface area contributed by atoms with Gasteiger partial charge in [0.05, 0.1) is 16.6 Å². The molecule has 39 heavy (non-hydrogen) atoms. The van der Waals surface area contributed by atoms with Gasteiger partial charge in [-0.1, -0.05) is 12.1 Å². The largest absolute Gasteiger partial charge is 0.504 e. The summed E-state index contributed by atoms with van der Waals surface area (Å²) in [5.41, 5.74) is 1.32. The van der Waals surface area contributed by atoms with Crippen molar-refractivity contribution in [1.29, 1.82) is 0 Å². The first-order chi connectivity index (χ1) is 18.5. The number of amides is 1. The Morgan fingerprint density at radius 2 is 2.08 bits per heavy atom. The van der Waals surface area contributed by atoms with Gasteiger partial charge in [-0.05, 0) is 75.4 Å². The number of ether oxygens (including phenoxy) is 1. The molecule has 1 saturated carbocycles. The van der Waals surface area contributed by atoms with Gasteiger partial charge in [0.15, 0.2) is 11.5 Å². The van der Waals surface area contributed by atoms with Gasteiger partial charge in [0.25, 0.3) is 5.69 Å². The summed E-state index contributed by atoms with van der Waals surface area (Å²) >= 11 is 0. The molecule has 6 rings (SSSR count). The lowest BCUT2D eigenvalue weighted by Crippen LogP contribution is -2.63. The molecule has 2 fully saturated rings. The molecule has 1 amide bonds. The molecule has 2 bridgehead atoms. The summed E-state index contributed by atoms with van der Waals surface area (Å²) in [4.78, 5) is 24.4. The molecule has 1 spiro atoms. The van der Waals surface area contributed by atoms with Crippen LogP contribution in [0.5, 0.6) is 11.5 Å². The summed E-state index contributed by atoms with van der Waals surface area (Å²) in [5.74, 6) is 0.591. The number of carbonyl (C=O) groups excluding carboxylic acids is 1. The molecule has 2 aliphatic carbocycles. The molecule has 208 valence electrons. The lowest BCUT2D eigenvalue weighted by Gasteiger charge is -2.57. The van der Waals surface area contributed by atoms with Crippen LogP contribution in [0.3, 0.4) is 0 Å². The van der Waals surface area contributed by atoms with Gasteiger partial charge in [-0.25, -0.2) is 0 Å². The second-order valence-electron chi connectivity index (χ2n) is 10.6. The summed E-state index contributed by atoms with van der Waals surface area (Å²) in [5, 5.41) is 24.2. The van der Waals surface area contributed by atoms with Crippen molar-refractivity contribution in [1.82, 2.24) is 10.2 Å². The Balaban J connectivity index is 0.000000171. The Labute approximate surface area is 223 Å². The fraction of sp³-hybridized carbons (Fsp3) is 0.464. The van der Waals surface area contributed by atoms with Crippen LogP contribution in [0.2, 0.25) is 0 Å². The zero-order valence-electron chi connectivity index (χ0n) is 21.6. The Kier molecular flexibility index (Phi) is 6.82. The molecule has 0 radical (unpaired) electrons. The van der Waals surface area contributed by atoms with Gasteiger partial charge in [0.1, 0.15) is 6.10 Å². The number of likely N-dealkylation sites (N-methyl/N-ethyl adjacent to an activating group) is 2. The Morgan fingerprint density at radius 1 is 1.31 bits per heavy atom. The molecule has 1 saturated heterocycles. The third-order valence-corrected chi connectivity index (χ3v) is 8.69. The van der Waals surface area contributed by atoms with Crippen LogP contribution >= 0.6 is 0 Å². The smallest absolute Gasteiger partial charge is 0.416 e. The standard InChI is InChI=1S/C17H20N2O4.C11H10F3NO/c1-18-6-5-17-10-3-2-4-14(17)23-16-13(20)8-11(19(21)22)9(15(16)17)7-12(10)18;1-15-10(16)6-5-8-3-2-4-9(7-8)11(12,13)14/h8,10,12,14,20H,2-7H2,1H3;2-7H,1H3,(H,15,16)/b;6-5+/t10-,12+,14-,17+;/m0./s1. The molecule has 2 aliphatic heterocycles. The maximum Gasteiger partial charge on any atom is 0.416 e. The van der Waals surface area contributed by atoms with Gasteiger partial charge < -0.3 is 20.1 Å². The summed E-state index contributed by atoms with van der Waals surface area (Å²) < 4.78 is 43.2. The number of nitro benzene ring substituents is 1. The third-order valence-electron chi connectivity index (χ3n) is 8.69. The number of piperidine rings is 1. The average Bonchev–Trinajstić information content (AvgIpc) is 3.25. The fourth-order valence-corrected chi connectivity index (χ4v) is 7.01. The molecular weight excluding hydrogens is 515 g/mol. The summed E-state index contributed by atoms with van der Waals surface area (Å²) in [7, 11) is 3.58. The zero-order valence-corrected chi connectivity index (χ0v) is 21.6. The Hall–Kier alpha value is -3.60. The number of likely N-dealkylation sites (tertiary alicyclic amines) is 1. The highest BCUT2D eigenvalue weighted by atomic mass is 19.4. The second-order valence-corrected chi connectivity index (χ2v) is 10.6. The van der Waals surface area contributed by atoms with E-state index in [9.17, 15) is 33.2 Å².